The lowest BCUT2D eigenvalue weighted by molar-refractivity contribution is -0.137. The Morgan fingerprint density at radius 3 is 2.68 bits per heavy atom. The van der Waals surface area contributed by atoms with Crippen LogP contribution in [-0.2, 0) is 12.7 Å². The number of benzene rings is 2. The molecular formula is C31H33F3N6O4. The van der Waals surface area contributed by atoms with E-state index in [-0.39, 0.29) is 42.2 Å². The molecule has 0 spiro atoms. The summed E-state index contributed by atoms with van der Waals surface area (Å²) >= 11 is 0. The van der Waals surface area contributed by atoms with Crippen LogP contribution in [0.4, 0.5) is 18.9 Å². The van der Waals surface area contributed by atoms with E-state index in [1.54, 1.807) is 19.1 Å². The Labute approximate surface area is 250 Å². The van der Waals surface area contributed by atoms with E-state index in [9.17, 15) is 27.9 Å². The molecular weight excluding hydrogens is 577 g/mol. The van der Waals surface area contributed by atoms with Crippen molar-refractivity contribution in [3.05, 3.63) is 75.2 Å². The lowest BCUT2D eigenvalue weighted by Crippen LogP contribution is -2.43. The number of alkyl halides is 3. The van der Waals surface area contributed by atoms with Gasteiger partial charge in [-0.1, -0.05) is 6.07 Å². The standard InChI is InChI=1S/C31H33F3N6O4/c1-17-3-4-19(31(32,33)34)12-26(17)44-16-21(41)14-36-23-5-8-35-29(42)27(23)28-37-24-11-18-15-40(20-6-9-39(2)10-7-20)30(43)22(18)13-25(24)38-28/h3-5,8,11-13,20-21,41H,6-7,9-10,14-16H2,1-2H3,(H,37,38)(H2,35,36,42)/t21-/m1/s1. The number of halogens is 3. The second-order valence-corrected chi connectivity index (χ2v) is 11.5. The summed E-state index contributed by atoms with van der Waals surface area (Å²) in [6.45, 7) is 3.74. The van der Waals surface area contributed by atoms with Gasteiger partial charge < -0.3 is 34.9 Å². The molecule has 1 amide bonds. The molecule has 4 aromatic rings. The van der Waals surface area contributed by atoms with Crippen LogP contribution in [0.5, 0.6) is 5.75 Å². The zero-order valence-corrected chi connectivity index (χ0v) is 24.3. The first kappa shape index (κ1) is 29.7. The van der Waals surface area contributed by atoms with Gasteiger partial charge in [0, 0.05) is 30.9 Å². The second-order valence-electron chi connectivity index (χ2n) is 11.5. The molecule has 0 bridgehead atoms. The molecule has 1 atom stereocenters. The van der Waals surface area contributed by atoms with Gasteiger partial charge in [-0.3, -0.25) is 9.59 Å². The fraction of sp³-hybridized carbons (Fsp3) is 0.387. The summed E-state index contributed by atoms with van der Waals surface area (Å²) < 4.78 is 44.8. The maximum Gasteiger partial charge on any atom is 0.416 e. The molecule has 0 radical (unpaired) electrons. The largest absolute Gasteiger partial charge is 0.491 e. The number of aryl methyl sites for hydroxylation is 1. The Morgan fingerprint density at radius 1 is 1.16 bits per heavy atom. The molecule has 10 nitrogen and oxygen atoms in total. The molecule has 4 heterocycles. The average Bonchev–Trinajstić information content (AvgIpc) is 3.54. The number of anilines is 1. The molecule has 2 aliphatic heterocycles. The fourth-order valence-corrected chi connectivity index (χ4v) is 5.83. The van der Waals surface area contributed by atoms with Crippen LogP contribution >= 0.6 is 0 Å². The van der Waals surface area contributed by atoms with Crippen LogP contribution in [0.3, 0.4) is 0 Å². The Balaban J connectivity index is 1.16. The molecule has 0 unspecified atom stereocenters. The molecule has 2 aromatic heterocycles. The van der Waals surface area contributed by atoms with Gasteiger partial charge in [0.05, 0.1) is 22.3 Å². The van der Waals surface area contributed by atoms with E-state index < -0.39 is 23.4 Å². The number of imidazole rings is 1. The highest BCUT2D eigenvalue weighted by Gasteiger charge is 2.35. The number of aromatic nitrogens is 3. The third-order valence-electron chi connectivity index (χ3n) is 8.34. The molecule has 2 aromatic carbocycles. The minimum Gasteiger partial charge on any atom is -0.491 e. The zero-order chi connectivity index (χ0) is 31.2. The summed E-state index contributed by atoms with van der Waals surface area (Å²) in [5.74, 6) is 0.313. The van der Waals surface area contributed by atoms with E-state index in [0.29, 0.717) is 34.4 Å². The van der Waals surface area contributed by atoms with Crippen LogP contribution < -0.4 is 15.6 Å². The van der Waals surface area contributed by atoms with Gasteiger partial charge >= 0.3 is 6.18 Å². The monoisotopic (exact) mass is 610 g/mol. The number of carbonyl (C=O) groups is 1. The number of aromatic amines is 2. The molecule has 1 saturated heterocycles. The predicted molar refractivity (Wildman–Crippen MR) is 159 cm³/mol. The number of H-pyrrole nitrogens is 2. The number of pyridine rings is 1. The first-order valence-electron chi connectivity index (χ1n) is 14.4. The van der Waals surface area contributed by atoms with Crippen LogP contribution in [0, 0.1) is 6.92 Å². The van der Waals surface area contributed by atoms with Crippen molar-refractivity contribution in [2.24, 2.45) is 0 Å². The number of hydrogen-bond donors (Lipinski definition) is 4. The lowest BCUT2D eigenvalue weighted by atomic mass is 10.0. The van der Waals surface area contributed by atoms with Crippen molar-refractivity contribution in [3.8, 4) is 17.1 Å². The van der Waals surface area contributed by atoms with E-state index in [1.165, 1.54) is 12.3 Å². The summed E-state index contributed by atoms with van der Waals surface area (Å²) in [5, 5.41) is 13.6. The maximum atomic E-state index is 13.3. The molecule has 1 fully saturated rings. The predicted octanol–water partition coefficient (Wildman–Crippen LogP) is 4.15. The molecule has 6 rings (SSSR count). The number of aliphatic hydroxyl groups excluding tert-OH is 1. The summed E-state index contributed by atoms with van der Waals surface area (Å²) in [7, 11) is 2.09. The summed E-state index contributed by atoms with van der Waals surface area (Å²) in [6, 6.07) is 8.70. The third-order valence-corrected chi connectivity index (χ3v) is 8.34. The first-order chi connectivity index (χ1) is 21.0. The number of amides is 1. The fourth-order valence-electron chi connectivity index (χ4n) is 5.83. The highest BCUT2D eigenvalue weighted by Crippen LogP contribution is 2.34. The molecule has 232 valence electrons. The Hall–Kier alpha value is -4.36. The van der Waals surface area contributed by atoms with Crippen LogP contribution in [0.1, 0.15) is 39.9 Å². The third kappa shape index (κ3) is 5.89. The number of nitrogens with zero attached hydrogens (tertiary/aromatic N) is 3. The number of aliphatic hydroxyl groups is 1. The topological polar surface area (TPSA) is 127 Å². The summed E-state index contributed by atoms with van der Waals surface area (Å²) in [6.07, 6.45) is -2.28. The molecule has 0 saturated carbocycles. The first-order valence-corrected chi connectivity index (χ1v) is 14.4. The average molecular weight is 611 g/mol. The number of likely N-dealkylation sites (tertiary alicyclic amines) is 1. The Bertz CT molecular complexity index is 1760. The van der Waals surface area contributed by atoms with Crippen LogP contribution in [0.25, 0.3) is 22.4 Å². The van der Waals surface area contributed by atoms with Gasteiger partial charge in [-0.05, 0) is 81.4 Å². The van der Waals surface area contributed by atoms with Crippen molar-refractivity contribution in [2.75, 3.05) is 38.6 Å². The molecule has 4 N–H and O–H groups in total. The molecule has 44 heavy (non-hydrogen) atoms. The lowest BCUT2D eigenvalue weighted by Gasteiger charge is -2.34. The highest BCUT2D eigenvalue weighted by atomic mass is 19.4. The zero-order valence-electron chi connectivity index (χ0n) is 24.3. The summed E-state index contributed by atoms with van der Waals surface area (Å²) in [5.41, 5.74) is 2.62. The van der Waals surface area contributed by atoms with Crippen molar-refractivity contribution >= 4 is 22.6 Å². The van der Waals surface area contributed by atoms with Gasteiger partial charge in [-0.25, -0.2) is 4.98 Å². The number of piperidine rings is 1. The minimum atomic E-state index is -4.51. The smallest absolute Gasteiger partial charge is 0.416 e. The van der Waals surface area contributed by atoms with Crippen LogP contribution in [-0.4, -0.2) is 81.2 Å². The normalized spacial score (nSPS) is 16.9. The van der Waals surface area contributed by atoms with Crippen molar-refractivity contribution in [3.63, 3.8) is 0 Å². The SMILES string of the molecule is Cc1ccc(C(F)(F)F)cc1OC[C@H](O)CNc1cc[nH]c(=O)c1-c1nc2cc3c(cc2[nH]1)CN(C1CCN(C)CC1)C3=O. The van der Waals surface area contributed by atoms with Gasteiger partial charge in [-0.15, -0.1) is 0 Å². The second kappa shape index (κ2) is 11.6. The Morgan fingerprint density at radius 2 is 1.93 bits per heavy atom. The van der Waals surface area contributed by atoms with Gasteiger partial charge in [0.15, 0.2) is 0 Å². The van der Waals surface area contributed by atoms with E-state index in [2.05, 4.69) is 32.2 Å². The van der Waals surface area contributed by atoms with E-state index in [1.807, 2.05) is 11.0 Å². The Kier molecular flexibility index (Phi) is 7.84. The van der Waals surface area contributed by atoms with Gasteiger partial charge in [0.1, 0.15) is 29.8 Å². The highest BCUT2D eigenvalue weighted by molar-refractivity contribution is 6.02. The summed E-state index contributed by atoms with van der Waals surface area (Å²) in [4.78, 5) is 40.9. The van der Waals surface area contributed by atoms with Crippen molar-refractivity contribution in [1.29, 1.82) is 0 Å². The van der Waals surface area contributed by atoms with Gasteiger partial charge in [0.25, 0.3) is 11.5 Å². The number of rotatable bonds is 8. The van der Waals surface area contributed by atoms with Gasteiger partial charge in [-0.2, -0.15) is 13.2 Å². The van der Waals surface area contributed by atoms with Crippen LogP contribution in [0.2, 0.25) is 0 Å². The van der Waals surface area contributed by atoms with E-state index >= 15 is 0 Å². The number of nitrogens with one attached hydrogen (secondary N) is 3. The molecule has 2 aliphatic rings. The van der Waals surface area contributed by atoms with Crippen molar-refractivity contribution in [1.82, 2.24) is 24.8 Å². The molecule has 0 aliphatic carbocycles. The van der Waals surface area contributed by atoms with Crippen molar-refractivity contribution in [2.45, 2.75) is 44.6 Å². The number of hydrogen-bond acceptors (Lipinski definition) is 7. The molecule has 13 heteroatoms. The van der Waals surface area contributed by atoms with Crippen molar-refractivity contribution < 1.29 is 27.8 Å². The number of fused-ring (bicyclic) bond motifs is 2. The maximum absolute atomic E-state index is 13.3. The number of ether oxygens (including phenoxy) is 1. The quantitative estimate of drug-likeness (QED) is 0.236. The van der Waals surface area contributed by atoms with E-state index in [4.69, 9.17) is 4.74 Å². The van der Waals surface area contributed by atoms with E-state index in [0.717, 1.165) is 43.6 Å². The van der Waals surface area contributed by atoms with Crippen LogP contribution in [0.15, 0.2) is 47.4 Å². The number of carbonyl (C=O) groups excluding carboxylic acids is 1. The van der Waals surface area contributed by atoms with Gasteiger partial charge in [0.2, 0.25) is 0 Å². The minimum absolute atomic E-state index is 0.00236.